The fraction of sp³-hybridized carbons (Fsp3) is 0.300. The second kappa shape index (κ2) is 6.10. The molecule has 1 aromatic heterocycles. The molecule has 146 valence electrons. The van der Waals surface area contributed by atoms with Crippen molar-refractivity contribution in [2.75, 3.05) is 19.8 Å². The second-order valence-corrected chi connectivity index (χ2v) is 9.13. The molecule has 3 heterocycles. The molecule has 28 heavy (non-hydrogen) atoms. The molecule has 2 aliphatic rings. The smallest absolute Gasteiger partial charge is 0.209 e. The van der Waals surface area contributed by atoms with Crippen molar-refractivity contribution < 1.29 is 26.4 Å². The number of nitrogens with one attached hydrogen (secondary N) is 1. The fourth-order valence-electron chi connectivity index (χ4n) is 4.13. The number of rotatable bonds is 2. The van der Waals surface area contributed by atoms with E-state index in [1.165, 1.54) is 12.1 Å². The number of hydrogen-bond acceptors (Lipinski definition) is 5. The van der Waals surface area contributed by atoms with Gasteiger partial charge in [-0.2, -0.15) is 0 Å². The van der Waals surface area contributed by atoms with Crippen molar-refractivity contribution in [2.45, 2.75) is 28.2 Å². The molecular weight excluding hydrogens is 388 g/mol. The van der Waals surface area contributed by atoms with Gasteiger partial charge in [0.25, 0.3) is 0 Å². The third-order valence-corrected chi connectivity index (χ3v) is 7.32. The number of ether oxygens (including phenoxy) is 1. The highest BCUT2D eigenvalue weighted by atomic mass is 32.2. The quantitative estimate of drug-likeness (QED) is 0.709. The zero-order valence-electron chi connectivity index (χ0n) is 14.8. The lowest BCUT2D eigenvalue weighted by Gasteiger charge is -2.31. The van der Waals surface area contributed by atoms with Crippen LogP contribution in [0.1, 0.15) is 17.7 Å². The van der Waals surface area contributed by atoms with E-state index in [1.807, 2.05) is 0 Å². The first-order valence-electron chi connectivity index (χ1n) is 9.00. The molecule has 1 saturated heterocycles. The van der Waals surface area contributed by atoms with Crippen molar-refractivity contribution in [1.82, 2.24) is 5.32 Å². The lowest BCUT2D eigenvalue weighted by molar-refractivity contribution is 0.153. The van der Waals surface area contributed by atoms with E-state index in [1.54, 1.807) is 6.07 Å². The van der Waals surface area contributed by atoms with Crippen molar-refractivity contribution in [1.29, 1.82) is 0 Å². The molecule has 5 nitrogen and oxygen atoms in total. The summed E-state index contributed by atoms with van der Waals surface area (Å²) >= 11 is 0. The summed E-state index contributed by atoms with van der Waals surface area (Å²) < 4.78 is 64.9. The molecule has 0 bridgehead atoms. The van der Waals surface area contributed by atoms with Crippen LogP contribution in [-0.2, 0) is 26.5 Å². The summed E-state index contributed by atoms with van der Waals surface area (Å²) in [5.41, 5.74) is 1.07. The lowest BCUT2D eigenvalue weighted by atomic mass is 9.87. The Bertz CT molecular complexity index is 1200. The van der Waals surface area contributed by atoms with Gasteiger partial charge in [0.1, 0.15) is 33.4 Å². The van der Waals surface area contributed by atoms with Crippen LogP contribution in [0.4, 0.5) is 8.78 Å². The van der Waals surface area contributed by atoms with Crippen molar-refractivity contribution in [3.8, 4) is 0 Å². The zero-order valence-corrected chi connectivity index (χ0v) is 15.6. The van der Waals surface area contributed by atoms with Gasteiger partial charge in [-0.25, -0.2) is 17.2 Å². The van der Waals surface area contributed by atoms with Crippen LogP contribution in [0.2, 0.25) is 0 Å². The predicted molar refractivity (Wildman–Crippen MR) is 96.8 cm³/mol. The minimum absolute atomic E-state index is 0.139. The second-order valence-electron chi connectivity index (χ2n) is 7.21. The van der Waals surface area contributed by atoms with Crippen LogP contribution in [0.3, 0.4) is 0 Å². The topological polar surface area (TPSA) is 68.5 Å². The third kappa shape index (κ3) is 2.52. The summed E-state index contributed by atoms with van der Waals surface area (Å²) in [6, 6.07) is 6.86. The highest BCUT2D eigenvalue weighted by Gasteiger charge is 2.44. The first-order chi connectivity index (χ1) is 13.4. The Morgan fingerprint density at radius 3 is 2.75 bits per heavy atom. The van der Waals surface area contributed by atoms with E-state index in [0.717, 1.165) is 48.2 Å². The van der Waals surface area contributed by atoms with Gasteiger partial charge in [0, 0.05) is 30.2 Å². The fourth-order valence-corrected chi connectivity index (χ4v) is 5.49. The first kappa shape index (κ1) is 17.8. The van der Waals surface area contributed by atoms with Crippen LogP contribution in [0.15, 0.2) is 50.6 Å². The molecule has 3 aromatic rings. The maximum Gasteiger partial charge on any atom is 0.209 e. The largest absolute Gasteiger partial charge is 0.459 e. The van der Waals surface area contributed by atoms with Crippen molar-refractivity contribution in [3.05, 3.63) is 59.4 Å². The predicted octanol–water partition coefficient (Wildman–Crippen LogP) is 3.31. The third-order valence-electron chi connectivity index (χ3n) is 5.55. The summed E-state index contributed by atoms with van der Waals surface area (Å²) in [4.78, 5) is -0.828. The Hall–Kier alpha value is -2.29. The first-order valence-corrected chi connectivity index (χ1v) is 10.5. The van der Waals surface area contributed by atoms with Gasteiger partial charge < -0.3 is 14.5 Å². The van der Waals surface area contributed by atoms with E-state index in [-0.39, 0.29) is 10.4 Å². The Morgan fingerprint density at radius 1 is 1.11 bits per heavy atom. The van der Waals surface area contributed by atoms with Gasteiger partial charge >= 0.3 is 0 Å². The molecule has 0 aliphatic carbocycles. The Labute approximate surface area is 160 Å². The normalized spacial score (nSPS) is 22.1. The van der Waals surface area contributed by atoms with Gasteiger partial charge in [-0.15, -0.1) is 0 Å². The monoisotopic (exact) mass is 405 g/mol. The minimum atomic E-state index is -4.23. The standard InChI is InChI=1S/C20H17F2NO4S/c21-12-1-4-16(22)18(9-12)28(24,25)13-2-3-14-15-5-7-23-20(6-8-26-11-20)19(15)27-17(14)10-13/h1-4,9-10,23H,5-8,11H2/t20-/m1/s1. The Balaban J connectivity index is 1.66. The number of hydrogen-bond donors (Lipinski definition) is 1. The minimum Gasteiger partial charge on any atom is -0.459 e. The van der Waals surface area contributed by atoms with Gasteiger partial charge in [-0.1, -0.05) is 0 Å². The van der Waals surface area contributed by atoms with Gasteiger partial charge in [-0.3, -0.25) is 0 Å². The van der Waals surface area contributed by atoms with Crippen molar-refractivity contribution >= 4 is 20.8 Å². The van der Waals surface area contributed by atoms with Gasteiger partial charge in [0.15, 0.2) is 0 Å². The maximum absolute atomic E-state index is 14.1. The van der Waals surface area contributed by atoms with Crippen molar-refractivity contribution in [2.24, 2.45) is 0 Å². The molecule has 5 rings (SSSR count). The van der Waals surface area contributed by atoms with E-state index in [9.17, 15) is 17.2 Å². The summed E-state index contributed by atoms with van der Waals surface area (Å²) in [7, 11) is -4.23. The van der Waals surface area contributed by atoms with E-state index >= 15 is 0 Å². The number of benzene rings is 2. The molecule has 0 saturated carbocycles. The van der Waals surface area contributed by atoms with Gasteiger partial charge in [0.2, 0.25) is 9.84 Å². The van der Waals surface area contributed by atoms with Gasteiger partial charge in [0.05, 0.1) is 11.5 Å². The molecule has 1 atom stereocenters. The summed E-state index contributed by atoms with van der Waals surface area (Å²) in [5, 5.41) is 4.30. The number of halogens is 2. The molecule has 1 spiro atoms. The molecule has 8 heteroatoms. The maximum atomic E-state index is 14.1. The van der Waals surface area contributed by atoms with E-state index < -0.39 is 26.4 Å². The number of sulfone groups is 1. The van der Waals surface area contributed by atoms with Crippen LogP contribution in [0.5, 0.6) is 0 Å². The summed E-state index contributed by atoms with van der Waals surface area (Å²) in [6.07, 6.45) is 1.54. The molecule has 0 unspecified atom stereocenters. The molecule has 1 N–H and O–H groups in total. The zero-order chi connectivity index (χ0) is 19.5. The molecule has 0 radical (unpaired) electrons. The van der Waals surface area contributed by atoms with Crippen LogP contribution in [0, 0.1) is 11.6 Å². The Morgan fingerprint density at radius 2 is 1.96 bits per heavy atom. The van der Waals surface area contributed by atoms with Crippen LogP contribution < -0.4 is 5.32 Å². The molecular formula is C20H17F2NO4S. The van der Waals surface area contributed by atoms with Crippen molar-refractivity contribution in [3.63, 3.8) is 0 Å². The molecule has 0 amide bonds. The lowest BCUT2D eigenvalue weighted by Crippen LogP contribution is -2.47. The average molecular weight is 405 g/mol. The molecule has 2 aliphatic heterocycles. The van der Waals surface area contributed by atoms with E-state index in [0.29, 0.717) is 24.9 Å². The summed E-state index contributed by atoms with van der Waals surface area (Å²) in [5.74, 6) is -1.03. The van der Waals surface area contributed by atoms with Crippen LogP contribution in [-0.4, -0.2) is 28.2 Å². The van der Waals surface area contributed by atoms with Crippen LogP contribution in [0.25, 0.3) is 11.0 Å². The van der Waals surface area contributed by atoms with E-state index in [4.69, 9.17) is 9.15 Å². The highest BCUT2D eigenvalue weighted by molar-refractivity contribution is 7.91. The van der Waals surface area contributed by atoms with E-state index in [2.05, 4.69) is 5.32 Å². The highest BCUT2D eigenvalue weighted by Crippen LogP contribution is 2.41. The Kier molecular flexibility index (Phi) is 3.88. The van der Waals surface area contributed by atoms with Crippen LogP contribution >= 0.6 is 0 Å². The molecule has 1 fully saturated rings. The number of fused-ring (bicyclic) bond motifs is 4. The SMILES string of the molecule is O=S(=O)(c1ccc2c3c(oc2c1)[C@]1(CCOC1)NCC3)c1cc(F)ccc1F. The summed E-state index contributed by atoms with van der Waals surface area (Å²) in [6.45, 7) is 1.90. The molecule has 2 aromatic carbocycles. The van der Waals surface area contributed by atoms with Gasteiger partial charge in [-0.05, 0) is 43.2 Å². The number of furan rings is 1. The average Bonchev–Trinajstić information content (AvgIpc) is 3.29.